The first-order chi connectivity index (χ1) is 12.3. The highest BCUT2D eigenvalue weighted by Gasteiger charge is 2.20. The van der Waals surface area contributed by atoms with E-state index in [1.165, 1.54) is 36.8 Å². The third kappa shape index (κ3) is 10.3. The molecule has 1 aliphatic heterocycles. The number of hydroxylamine groups is 2. The van der Waals surface area contributed by atoms with E-state index in [0.29, 0.717) is 5.92 Å². The molecule has 1 aromatic rings. The Hall–Kier alpha value is -1.76. The van der Waals surface area contributed by atoms with Crippen molar-refractivity contribution in [1.29, 1.82) is 0 Å². The summed E-state index contributed by atoms with van der Waals surface area (Å²) in [6.45, 7) is 6.15. The molecule has 0 aromatic heterocycles. The first kappa shape index (κ1) is 22.3. The minimum absolute atomic E-state index is 0.679. The van der Waals surface area contributed by atoms with Gasteiger partial charge in [0.1, 0.15) is 0 Å². The van der Waals surface area contributed by atoms with E-state index in [-0.39, 0.29) is 0 Å². The van der Waals surface area contributed by atoms with Gasteiger partial charge in [0.05, 0.1) is 13.2 Å². The number of halogens is 4. The van der Waals surface area contributed by atoms with Crippen LogP contribution in [0.5, 0.6) is 0 Å². The predicted octanol–water partition coefficient (Wildman–Crippen LogP) is 6.35. The Morgan fingerprint density at radius 3 is 2.27 bits per heavy atom. The van der Waals surface area contributed by atoms with Gasteiger partial charge in [-0.2, -0.15) is 0 Å². The Morgan fingerprint density at radius 1 is 1.12 bits per heavy atom. The number of hydrogen-bond donors (Lipinski definition) is 0. The summed E-state index contributed by atoms with van der Waals surface area (Å²) in [6, 6.07) is 10.5. The lowest BCUT2D eigenvalue weighted by Gasteiger charge is -2.24. The maximum absolute atomic E-state index is 9.75. The van der Waals surface area contributed by atoms with Gasteiger partial charge < -0.3 is 17.3 Å². The topological polar surface area (TPSA) is 12.5 Å². The van der Waals surface area contributed by atoms with E-state index in [9.17, 15) is 17.3 Å². The van der Waals surface area contributed by atoms with E-state index < -0.39 is 7.25 Å². The molecule has 0 amide bonds. The van der Waals surface area contributed by atoms with Gasteiger partial charge in [0.15, 0.2) is 0 Å². The molecule has 0 fully saturated rings. The first-order valence-corrected chi connectivity index (χ1v) is 9.04. The molecular weight excluding hydrogens is 345 g/mol. The highest BCUT2D eigenvalue weighted by molar-refractivity contribution is 6.50. The second-order valence-electron chi connectivity index (χ2n) is 6.15. The molecule has 2 nitrogen and oxygen atoms in total. The van der Waals surface area contributed by atoms with Crippen LogP contribution in [0.3, 0.4) is 0 Å². The van der Waals surface area contributed by atoms with Gasteiger partial charge in [-0.25, -0.2) is 0 Å². The Kier molecular flexibility index (Phi) is 10.1. The lowest BCUT2D eigenvalue weighted by Crippen LogP contribution is -2.23. The van der Waals surface area contributed by atoms with Crippen LogP contribution in [-0.4, -0.2) is 25.5 Å². The molecule has 7 heteroatoms. The molecule has 146 valence electrons. The Bertz CT molecular complexity index is 554. The molecule has 0 N–H and O–H groups in total. The molecule has 0 saturated heterocycles. The van der Waals surface area contributed by atoms with Crippen LogP contribution in [0.2, 0.25) is 0 Å². The zero-order chi connectivity index (χ0) is 19.4. The Morgan fingerprint density at radius 2 is 1.77 bits per heavy atom. The minimum atomic E-state index is -6.00. The summed E-state index contributed by atoms with van der Waals surface area (Å²) in [4.78, 5) is 5.92. The summed E-state index contributed by atoms with van der Waals surface area (Å²) < 4.78 is 39.0. The molecule has 2 rings (SSSR count). The third-order valence-corrected chi connectivity index (χ3v) is 4.04. The van der Waals surface area contributed by atoms with Crippen molar-refractivity contribution in [3.05, 3.63) is 54.2 Å². The standard InChI is InChI=1S/C19H27NO.BF4/c1-3-5-9-17(4-2)16-21-20-14-12-19(13-15-20)18-10-7-6-8-11-18;2-1(3,4)5/h6-8,10-14,17H,3-5,9,15-16H2,1-2H3;/q;-1. The molecular formula is C19H27BF4NO-. The average Bonchev–Trinajstić information content (AvgIpc) is 2.62. The summed E-state index contributed by atoms with van der Waals surface area (Å²) >= 11 is 0. The minimum Gasteiger partial charge on any atom is -0.418 e. The number of hydrogen-bond acceptors (Lipinski definition) is 2. The molecule has 1 atom stereocenters. The summed E-state index contributed by atoms with van der Waals surface area (Å²) in [6.07, 6.45) is 11.4. The molecule has 1 heterocycles. The zero-order valence-corrected chi connectivity index (χ0v) is 15.4. The van der Waals surface area contributed by atoms with Crippen molar-refractivity contribution in [2.75, 3.05) is 13.2 Å². The number of unbranched alkanes of at least 4 members (excludes halogenated alkanes) is 1. The number of rotatable bonds is 8. The molecule has 26 heavy (non-hydrogen) atoms. The molecule has 0 bridgehead atoms. The van der Waals surface area contributed by atoms with Crippen LogP contribution in [0.25, 0.3) is 5.57 Å². The lowest BCUT2D eigenvalue weighted by atomic mass is 10.0. The molecule has 0 spiro atoms. The van der Waals surface area contributed by atoms with E-state index in [1.807, 2.05) is 11.1 Å². The predicted molar refractivity (Wildman–Crippen MR) is 99.7 cm³/mol. The number of nitrogens with zero attached hydrogens (tertiary/aromatic N) is 1. The van der Waals surface area contributed by atoms with Gasteiger partial charge in [0.25, 0.3) is 0 Å². The third-order valence-electron chi connectivity index (χ3n) is 4.04. The smallest absolute Gasteiger partial charge is 0.418 e. The summed E-state index contributed by atoms with van der Waals surface area (Å²) in [7, 11) is -6.00. The van der Waals surface area contributed by atoms with E-state index >= 15 is 0 Å². The Labute approximate surface area is 153 Å². The molecule has 0 aliphatic carbocycles. The van der Waals surface area contributed by atoms with E-state index in [2.05, 4.69) is 56.5 Å². The van der Waals surface area contributed by atoms with Crippen molar-refractivity contribution < 1.29 is 22.1 Å². The van der Waals surface area contributed by atoms with Crippen LogP contribution in [0.4, 0.5) is 17.3 Å². The molecule has 0 radical (unpaired) electrons. The normalized spacial score (nSPS) is 15.2. The van der Waals surface area contributed by atoms with Gasteiger partial charge in [-0.1, -0.05) is 69.5 Å². The fourth-order valence-corrected chi connectivity index (χ4v) is 2.52. The summed E-state index contributed by atoms with van der Waals surface area (Å²) in [5.74, 6) is 0.679. The van der Waals surface area contributed by atoms with Crippen molar-refractivity contribution in [3.8, 4) is 0 Å². The van der Waals surface area contributed by atoms with Crippen LogP contribution in [0, 0.1) is 5.92 Å². The van der Waals surface area contributed by atoms with Crippen molar-refractivity contribution >= 4 is 12.8 Å². The van der Waals surface area contributed by atoms with E-state index in [0.717, 1.165) is 13.2 Å². The van der Waals surface area contributed by atoms with Crippen LogP contribution in [0.1, 0.15) is 45.1 Å². The average molecular weight is 372 g/mol. The SMILES string of the molecule is CCCCC(CC)CON1C=CC(c2ccccc2)=CC1.F[B-](F)(F)F. The van der Waals surface area contributed by atoms with Crippen molar-refractivity contribution in [2.45, 2.75) is 39.5 Å². The zero-order valence-electron chi connectivity index (χ0n) is 15.4. The Balaban J connectivity index is 0.000000597. The molecule has 1 aromatic carbocycles. The molecule has 0 saturated carbocycles. The summed E-state index contributed by atoms with van der Waals surface area (Å²) in [5, 5.41) is 1.95. The van der Waals surface area contributed by atoms with Crippen LogP contribution in [-0.2, 0) is 4.84 Å². The highest BCUT2D eigenvalue weighted by Crippen LogP contribution is 2.20. The van der Waals surface area contributed by atoms with Gasteiger partial charge >= 0.3 is 7.25 Å². The van der Waals surface area contributed by atoms with Crippen molar-refractivity contribution in [1.82, 2.24) is 5.06 Å². The van der Waals surface area contributed by atoms with Gasteiger partial charge in [0, 0.05) is 6.20 Å². The molecule has 1 unspecified atom stereocenters. The monoisotopic (exact) mass is 372 g/mol. The van der Waals surface area contributed by atoms with Gasteiger partial charge in [0.2, 0.25) is 0 Å². The molecule has 1 aliphatic rings. The van der Waals surface area contributed by atoms with Gasteiger partial charge in [-0.15, -0.1) is 0 Å². The van der Waals surface area contributed by atoms with Crippen molar-refractivity contribution in [2.24, 2.45) is 5.92 Å². The maximum atomic E-state index is 9.75. The fourth-order valence-electron chi connectivity index (χ4n) is 2.52. The van der Waals surface area contributed by atoms with Crippen LogP contribution in [0.15, 0.2) is 48.7 Å². The fraction of sp³-hybridized carbons (Fsp3) is 0.474. The van der Waals surface area contributed by atoms with Crippen LogP contribution >= 0.6 is 0 Å². The lowest BCUT2D eigenvalue weighted by molar-refractivity contribution is -0.127. The van der Waals surface area contributed by atoms with E-state index in [4.69, 9.17) is 4.84 Å². The number of allylic oxidation sites excluding steroid dienone is 2. The largest absolute Gasteiger partial charge is 0.673 e. The second-order valence-corrected chi connectivity index (χ2v) is 6.15. The first-order valence-electron chi connectivity index (χ1n) is 9.04. The highest BCUT2D eigenvalue weighted by atomic mass is 19.5. The quantitative estimate of drug-likeness (QED) is 0.390. The van der Waals surface area contributed by atoms with Crippen molar-refractivity contribution in [3.63, 3.8) is 0 Å². The maximum Gasteiger partial charge on any atom is 0.673 e. The van der Waals surface area contributed by atoms with Crippen LogP contribution < -0.4 is 0 Å². The number of benzene rings is 1. The van der Waals surface area contributed by atoms with E-state index in [1.54, 1.807) is 0 Å². The van der Waals surface area contributed by atoms with Gasteiger partial charge in [-0.05, 0) is 29.6 Å². The second kappa shape index (κ2) is 11.8. The summed E-state index contributed by atoms with van der Waals surface area (Å²) in [5.41, 5.74) is 2.54. The van der Waals surface area contributed by atoms with Gasteiger partial charge in [-0.3, -0.25) is 9.90 Å².